The first-order valence-corrected chi connectivity index (χ1v) is 5.99. The number of aliphatic hydroxyl groups is 1. The van der Waals surface area contributed by atoms with Crippen LogP contribution in [0.3, 0.4) is 0 Å². The fraction of sp³-hybridized carbons (Fsp3) is 1.00. The normalized spacial score (nSPS) is 24.2. The summed E-state index contributed by atoms with van der Waals surface area (Å²) in [5, 5.41) is 10.3. The maximum Gasteiger partial charge on any atom is 0.0619 e. The topological polar surface area (TPSA) is 20.2 Å². The van der Waals surface area contributed by atoms with Gasteiger partial charge in [-0.3, -0.25) is 0 Å². The summed E-state index contributed by atoms with van der Waals surface area (Å²) in [6, 6.07) is 0. The second kappa shape index (κ2) is 3.84. The number of hydrogen-bond acceptors (Lipinski definition) is 1. The molecule has 1 unspecified atom stereocenters. The third kappa shape index (κ3) is 1.84. The molecule has 1 atom stereocenters. The number of aliphatic hydroxyl groups excluding tert-OH is 1. The number of rotatable bonds is 3. The van der Waals surface area contributed by atoms with E-state index in [2.05, 4.69) is 34.6 Å². The molecule has 14 heavy (non-hydrogen) atoms. The molecule has 84 valence electrons. The summed E-state index contributed by atoms with van der Waals surface area (Å²) in [5.74, 6) is 0.363. The molecule has 0 aromatic rings. The van der Waals surface area contributed by atoms with Gasteiger partial charge in [-0.1, -0.05) is 47.5 Å². The van der Waals surface area contributed by atoms with Gasteiger partial charge in [0, 0.05) is 0 Å². The Kier molecular flexibility index (Phi) is 3.30. The molecule has 0 aromatic carbocycles. The van der Waals surface area contributed by atoms with Crippen LogP contribution in [0.1, 0.15) is 60.3 Å². The van der Waals surface area contributed by atoms with E-state index in [1.54, 1.807) is 0 Å². The van der Waals surface area contributed by atoms with Gasteiger partial charge in [-0.25, -0.2) is 0 Å². The van der Waals surface area contributed by atoms with Crippen LogP contribution in [0.25, 0.3) is 0 Å². The van der Waals surface area contributed by atoms with E-state index in [-0.39, 0.29) is 11.5 Å². The first kappa shape index (κ1) is 12.0. The smallest absolute Gasteiger partial charge is 0.0619 e. The average molecular weight is 198 g/mol. The van der Waals surface area contributed by atoms with E-state index in [9.17, 15) is 5.11 Å². The first-order valence-electron chi connectivity index (χ1n) is 5.99. The maximum atomic E-state index is 10.3. The van der Waals surface area contributed by atoms with Crippen LogP contribution in [0.5, 0.6) is 0 Å². The summed E-state index contributed by atoms with van der Waals surface area (Å²) in [7, 11) is 0. The van der Waals surface area contributed by atoms with Crippen molar-refractivity contribution in [3.63, 3.8) is 0 Å². The summed E-state index contributed by atoms with van der Waals surface area (Å²) in [6.45, 7) is 11.1. The van der Waals surface area contributed by atoms with Crippen molar-refractivity contribution in [2.45, 2.75) is 66.4 Å². The van der Waals surface area contributed by atoms with Crippen LogP contribution >= 0.6 is 0 Å². The van der Waals surface area contributed by atoms with Gasteiger partial charge >= 0.3 is 0 Å². The lowest BCUT2D eigenvalue weighted by atomic mass is 9.61. The fourth-order valence-electron chi connectivity index (χ4n) is 2.99. The van der Waals surface area contributed by atoms with Crippen LogP contribution in [0, 0.1) is 16.7 Å². The Labute approximate surface area is 88.9 Å². The van der Waals surface area contributed by atoms with Gasteiger partial charge in [0.15, 0.2) is 0 Å². The van der Waals surface area contributed by atoms with Gasteiger partial charge in [0.05, 0.1) is 6.10 Å². The molecule has 1 N–H and O–H groups in total. The largest absolute Gasteiger partial charge is 0.392 e. The molecule has 1 nitrogen and oxygen atoms in total. The minimum absolute atomic E-state index is 0.0532. The average Bonchev–Trinajstić information content (AvgIpc) is 2.52. The van der Waals surface area contributed by atoms with E-state index in [4.69, 9.17) is 0 Å². The molecule has 0 heterocycles. The van der Waals surface area contributed by atoms with Gasteiger partial charge in [0.1, 0.15) is 0 Å². The van der Waals surface area contributed by atoms with E-state index in [1.807, 2.05) is 0 Å². The Hall–Kier alpha value is -0.0400. The minimum Gasteiger partial charge on any atom is -0.392 e. The molecule has 0 spiro atoms. The van der Waals surface area contributed by atoms with Gasteiger partial charge in [-0.15, -0.1) is 0 Å². The van der Waals surface area contributed by atoms with Crippen LogP contribution in [-0.4, -0.2) is 11.2 Å². The Morgan fingerprint density at radius 1 is 1.14 bits per heavy atom. The van der Waals surface area contributed by atoms with Crippen LogP contribution in [0.2, 0.25) is 0 Å². The van der Waals surface area contributed by atoms with Crippen molar-refractivity contribution in [1.82, 2.24) is 0 Å². The molecular formula is C13H26O. The molecule has 1 heteroatoms. The van der Waals surface area contributed by atoms with Crippen LogP contribution in [0.15, 0.2) is 0 Å². The highest BCUT2D eigenvalue weighted by atomic mass is 16.3. The molecule has 1 fully saturated rings. The third-order valence-electron chi connectivity index (χ3n) is 4.63. The summed E-state index contributed by atoms with van der Waals surface area (Å²) in [6.07, 6.45) is 5.06. The van der Waals surface area contributed by atoms with Gasteiger partial charge in [-0.05, 0) is 29.6 Å². The summed E-state index contributed by atoms with van der Waals surface area (Å²) >= 11 is 0. The van der Waals surface area contributed by atoms with Crippen molar-refractivity contribution in [2.24, 2.45) is 16.7 Å². The highest BCUT2D eigenvalue weighted by Gasteiger charge is 2.47. The molecule has 0 bridgehead atoms. The standard InChI is InChI=1S/C13H26O/c1-10(2)11(14)12(3,4)13(5)8-6-7-9-13/h10-11,14H,6-9H2,1-5H3. The Balaban J connectivity index is 2.82. The highest BCUT2D eigenvalue weighted by Crippen LogP contribution is 2.53. The molecule has 0 saturated heterocycles. The molecular weight excluding hydrogens is 172 g/mol. The zero-order valence-electron chi connectivity index (χ0n) is 10.4. The van der Waals surface area contributed by atoms with E-state index >= 15 is 0 Å². The van der Waals surface area contributed by atoms with Crippen molar-refractivity contribution in [1.29, 1.82) is 0 Å². The van der Waals surface area contributed by atoms with E-state index in [1.165, 1.54) is 25.7 Å². The monoisotopic (exact) mass is 198 g/mol. The summed E-state index contributed by atoms with van der Waals surface area (Å²) in [4.78, 5) is 0. The Morgan fingerprint density at radius 2 is 1.57 bits per heavy atom. The maximum absolute atomic E-state index is 10.3. The van der Waals surface area contributed by atoms with Gasteiger partial charge < -0.3 is 5.11 Å². The van der Waals surface area contributed by atoms with Crippen LogP contribution in [-0.2, 0) is 0 Å². The zero-order valence-corrected chi connectivity index (χ0v) is 10.4. The predicted octanol–water partition coefficient (Wildman–Crippen LogP) is 3.61. The molecule has 1 rings (SSSR count). The molecule has 0 amide bonds. The van der Waals surface area contributed by atoms with E-state index in [0.29, 0.717) is 11.3 Å². The van der Waals surface area contributed by atoms with Crippen LogP contribution < -0.4 is 0 Å². The molecule has 1 aliphatic carbocycles. The van der Waals surface area contributed by atoms with Crippen molar-refractivity contribution in [3.05, 3.63) is 0 Å². The molecule has 1 aliphatic rings. The molecule has 0 aliphatic heterocycles. The van der Waals surface area contributed by atoms with Crippen LogP contribution in [0.4, 0.5) is 0 Å². The minimum atomic E-state index is -0.175. The summed E-state index contributed by atoms with van der Waals surface area (Å²) in [5.41, 5.74) is 0.397. The van der Waals surface area contributed by atoms with Crippen molar-refractivity contribution >= 4 is 0 Å². The van der Waals surface area contributed by atoms with Gasteiger partial charge in [-0.2, -0.15) is 0 Å². The van der Waals surface area contributed by atoms with E-state index < -0.39 is 0 Å². The van der Waals surface area contributed by atoms with Crippen molar-refractivity contribution in [3.8, 4) is 0 Å². The van der Waals surface area contributed by atoms with E-state index in [0.717, 1.165) is 0 Å². The lowest BCUT2D eigenvalue weighted by Gasteiger charge is -2.46. The number of hydrogen-bond donors (Lipinski definition) is 1. The lowest BCUT2D eigenvalue weighted by Crippen LogP contribution is -2.45. The Bertz CT molecular complexity index is 187. The van der Waals surface area contributed by atoms with Gasteiger partial charge in [0.2, 0.25) is 0 Å². The quantitative estimate of drug-likeness (QED) is 0.734. The third-order valence-corrected chi connectivity index (χ3v) is 4.63. The second-order valence-corrected chi connectivity index (χ2v) is 6.18. The SMILES string of the molecule is CC(C)C(O)C(C)(C)C1(C)CCCC1. The lowest BCUT2D eigenvalue weighted by molar-refractivity contribution is -0.0657. The fourth-order valence-corrected chi connectivity index (χ4v) is 2.99. The molecule has 0 aromatic heterocycles. The van der Waals surface area contributed by atoms with Crippen molar-refractivity contribution in [2.75, 3.05) is 0 Å². The highest BCUT2D eigenvalue weighted by molar-refractivity contribution is 4.97. The summed E-state index contributed by atoms with van der Waals surface area (Å²) < 4.78 is 0. The van der Waals surface area contributed by atoms with Crippen molar-refractivity contribution < 1.29 is 5.11 Å². The molecule has 0 radical (unpaired) electrons. The molecule has 1 saturated carbocycles. The zero-order chi connectivity index (χ0) is 11.0. The first-order chi connectivity index (χ1) is 6.31. The second-order valence-electron chi connectivity index (χ2n) is 6.18. The Morgan fingerprint density at radius 3 is 1.93 bits per heavy atom. The predicted molar refractivity (Wildman–Crippen MR) is 61.2 cm³/mol. The van der Waals surface area contributed by atoms with Gasteiger partial charge in [0.25, 0.3) is 0 Å².